The molecule has 2 unspecified atom stereocenters. The van der Waals surface area contributed by atoms with Crippen LogP contribution in [0.15, 0.2) is 12.1 Å². The number of carbonyl (C=O) groups is 1. The minimum atomic E-state index is -0.535. The summed E-state index contributed by atoms with van der Waals surface area (Å²) in [6.45, 7) is 2.21. The second-order valence-corrected chi connectivity index (χ2v) is 4.66. The zero-order valence-electron chi connectivity index (χ0n) is 9.94. The van der Waals surface area contributed by atoms with Crippen LogP contribution in [0.4, 0.5) is 11.5 Å². The Balaban J connectivity index is 2.19. The predicted octanol–water partition coefficient (Wildman–Crippen LogP) is 1.36. The third-order valence-electron chi connectivity index (χ3n) is 3.36. The second-order valence-electron chi connectivity index (χ2n) is 4.66. The molecule has 0 aromatic carbocycles. The van der Waals surface area contributed by atoms with Gasteiger partial charge in [0.1, 0.15) is 11.5 Å². The standard InChI is InChI=1S/C12H18N4O/c1-7-3-2-4-9(7)15-12-8(13)5-6-10(16-12)11(14)17/h5-7,9H,2-4,13H2,1H3,(H2,14,17)(H,15,16). The summed E-state index contributed by atoms with van der Waals surface area (Å²) in [6.07, 6.45) is 3.55. The Kier molecular flexibility index (Phi) is 3.17. The van der Waals surface area contributed by atoms with Crippen LogP contribution in [0, 0.1) is 5.92 Å². The Morgan fingerprint density at radius 3 is 2.82 bits per heavy atom. The number of aromatic nitrogens is 1. The monoisotopic (exact) mass is 234 g/mol. The molecule has 0 radical (unpaired) electrons. The summed E-state index contributed by atoms with van der Waals surface area (Å²) >= 11 is 0. The highest BCUT2D eigenvalue weighted by molar-refractivity contribution is 5.91. The maximum absolute atomic E-state index is 11.1. The van der Waals surface area contributed by atoms with Crippen LogP contribution in [-0.2, 0) is 0 Å². The molecule has 5 heteroatoms. The zero-order chi connectivity index (χ0) is 12.4. The van der Waals surface area contributed by atoms with Gasteiger partial charge in [0, 0.05) is 6.04 Å². The van der Waals surface area contributed by atoms with E-state index >= 15 is 0 Å². The molecule has 1 saturated carbocycles. The van der Waals surface area contributed by atoms with Crippen molar-refractivity contribution in [3.05, 3.63) is 17.8 Å². The lowest BCUT2D eigenvalue weighted by atomic mass is 10.1. The van der Waals surface area contributed by atoms with E-state index in [2.05, 4.69) is 17.2 Å². The normalized spacial score (nSPS) is 23.6. The van der Waals surface area contributed by atoms with E-state index in [4.69, 9.17) is 11.5 Å². The SMILES string of the molecule is CC1CCCC1Nc1nc(C(N)=O)ccc1N. The number of primary amides is 1. The molecular weight excluding hydrogens is 216 g/mol. The maximum Gasteiger partial charge on any atom is 0.267 e. The highest BCUT2D eigenvalue weighted by Crippen LogP contribution is 2.29. The van der Waals surface area contributed by atoms with Gasteiger partial charge >= 0.3 is 0 Å². The number of amides is 1. The van der Waals surface area contributed by atoms with Crippen molar-refractivity contribution in [3.8, 4) is 0 Å². The summed E-state index contributed by atoms with van der Waals surface area (Å²) in [5.41, 5.74) is 11.8. The number of nitrogens with one attached hydrogen (secondary N) is 1. The predicted molar refractivity (Wildman–Crippen MR) is 67.6 cm³/mol. The number of pyridine rings is 1. The molecule has 92 valence electrons. The number of nitrogens with zero attached hydrogens (tertiary/aromatic N) is 1. The molecule has 1 aromatic heterocycles. The van der Waals surface area contributed by atoms with Crippen LogP contribution in [0.25, 0.3) is 0 Å². The third-order valence-corrected chi connectivity index (χ3v) is 3.36. The van der Waals surface area contributed by atoms with Crippen LogP contribution < -0.4 is 16.8 Å². The van der Waals surface area contributed by atoms with Gasteiger partial charge in [-0.3, -0.25) is 4.79 Å². The van der Waals surface area contributed by atoms with Crippen molar-refractivity contribution in [1.82, 2.24) is 4.98 Å². The first-order chi connectivity index (χ1) is 8.08. The third kappa shape index (κ3) is 2.49. The minimum Gasteiger partial charge on any atom is -0.396 e. The van der Waals surface area contributed by atoms with Crippen molar-refractivity contribution >= 4 is 17.4 Å². The molecule has 1 fully saturated rings. The van der Waals surface area contributed by atoms with Crippen molar-refractivity contribution in [2.75, 3.05) is 11.1 Å². The Morgan fingerprint density at radius 2 is 2.24 bits per heavy atom. The first-order valence-electron chi connectivity index (χ1n) is 5.91. The molecule has 2 rings (SSSR count). The summed E-state index contributed by atoms with van der Waals surface area (Å²) in [5, 5.41) is 3.31. The van der Waals surface area contributed by atoms with E-state index in [1.807, 2.05) is 0 Å². The number of anilines is 2. The van der Waals surface area contributed by atoms with Gasteiger partial charge in [-0.2, -0.15) is 0 Å². The van der Waals surface area contributed by atoms with Crippen LogP contribution in [-0.4, -0.2) is 16.9 Å². The van der Waals surface area contributed by atoms with Crippen LogP contribution in [0.5, 0.6) is 0 Å². The molecule has 17 heavy (non-hydrogen) atoms. The van der Waals surface area contributed by atoms with Crippen molar-refractivity contribution in [2.24, 2.45) is 11.7 Å². The van der Waals surface area contributed by atoms with Crippen molar-refractivity contribution < 1.29 is 4.79 Å². The molecule has 0 aliphatic heterocycles. The smallest absolute Gasteiger partial charge is 0.267 e. The Labute approximate surface area is 101 Å². The summed E-state index contributed by atoms with van der Waals surface area (Å²) < 4.78 is 0. The summed E-state index contributed by atoms with van der Waals surface area (Å²) in [7, 11) is 0. The lowest BCUT2D eigenvalue weighted by molar-refractivity contribution is 0.0995. The van der Waals surface area contributed by atoms with Gasteiger partial charge < -0.3 is 16.8 Å². The minimum absolute atomic E-state index is 0.243. The lowest BCUT2D eigenvalue weighted by Crippen LogP contribution is -2.24. The summed E-state index contributed by atoms with van der Waals surface area (Å²) in [4.78, 5) is 15.2. The van der Waals surface area contributed by atoms with Crippen molar-refractivity contribution in [3.63, 3.8) is 0 Å². The molecule has 2 atom stereocenters. The number of nitrogens with two attached hydrogens (primary N) is 2. The van der Waals surface area contributed by atoms with Gasteiger partial charge in [-0.15, -0.1) is 0 Å². The number of rotatable bonds is 3. The van der Waals surface area contributed by atoms with Crippen LogP contribution in [0.1, 0.15) is 36.7 Å². The van der Waals surface area contributed by atoms with Crippen LogP contribution in [0.2, 0.25) is 0 Å². The highest BCUT2D eigenvalue weighted by atomic mass is 16.1. The van der Waals surface area contributed by atoms with E-state index in [1.54, 1.807) is 12.1 Å². The largest absolute Gasteiger partial charge is 0.396 e. The molecule has 1 heterocycles. The van der Waals surface area contributed by atoms with Crippen molar-refractivity contribution in [1.29, 1.82) is 0 Å². The molecule has 5 nitrogen and oxygen atoms in total. The number of nitrogen functional groups attached to an aromatic ring is 1. The molecule has 1 aliphatic rings. The quantitative estimate of drug-likeness (QED) is 0.736. The first kappa shape index (κ1) is 11.7. The first-order valence-corrected chi connectivity index (χ1v) is 5.91. The zero-order valence-corrected chi connectivity index (χ0v) is 9.94. The molecular formula is C12H18N4O. The molecule has 1 aliphatic carbocycles. The number of carbonyl (C=O) groups excluding carboxylic acids is 1. The molecule has 0 bridgehead atoms. The molecule has 0 saturated heterocycles. The van der Waals surface area contributed by atoms with E-state index in [9.17, 15) is 4.79 Å². The van der Waals surface area contributed by atoms with Gasteiger partial charge in [-0.25, -0.2) is 4.98 Å². The van der Waals surface area contributed by atoms with E-state index < -0.39 is 5.91 Å². The van der Waals surface area contributed by atoms with E-state index in [0.29, 0.717) is 23.5 Å². The Hall–Kier alpha value is -1.78. The molecule has 0 spiro atoms. The number of hydrogen-bond donors (Lipinski definition) is 3. The van der Waals surface area contributed by atoms with Crippen LogP contribution in [0.3, 0.4) is 0 Å². The van der Waals surface area contributed by atoms with Gasteiger partial charge in [0.2, 0.25) is 0 Å². The van der Waals surface area contributed by atoms with E-state index in [0.717, 1.165) is 6.42 Å². The number of hydrogen-bond acceptors (Lipinski definition) is 4. The molecule has 5 N–H and O–H groups in total. The fourth-order valence-electron chi connectivity index (χ4n) is 2.26. The van der Waals surface area contributed by atoms with E-state index in [1.165, 1.54) is 12.8 Å². The maximum atomic E-state index is 11.1. The Bertz CT molecular complexity index is 433. The lowest BCUT2D eigenvalue weighted by Gasteiger charge is -2.19. The topological polar surface area (TPSA) is 94.0 Å². The summed E-state index contributed by atoms with van der Waals surface area (Å²) in [6, 6.07) is 3.59. The average Bonchev–Trinajstić information content (AvgIpc) is 2.67. The van der Waals surface area contributed by atoms with Crippen molar-refractivity contribution in [2.45, 2.75) is 32.2 Å². The molecule has 1 amide bonds. The van der Waals surface area contributed by atoms with E-state index in [-0.39, 0.29) is 5.69 Å². The van der Waals surface area contributed by atoms with Gasteiger partial charge in [-0.05, 0) is 30.9 Å². The van der Waals surface area contributed by atoms with Gasteiger partial charge in [0.15, 0.2) is 0 Å². The second kappa shape index (κ2) is 4.61. The van der Waals surface area contributed by atoms with Gasteiger partial charge in [-0.1, -0.05) is 13.3 Å². The average molecular weight is 234 g/mol. The van der Waals surface area contributed by atoms with Crippen LogP contribution >= 0.6 is 0 Å². The fourth-order valence-corrected chi connectivity index (χ4v) is 2.26. The van der Waals surface area contributed by atoms with Gasteiger partial charge in [0.05, 0.1) is 5.69 Å². The highest BCUT2D eigenvalue weighted by Gasteiger charge is 2.24. The molecule has 1 aromatic rings. The fraction of sp³-hybridized carbons (Fsp3) is 0.500. The Morgan fingerprint density at radius 1 is 1.47 bits per heavy atom. The summed E-state index contributed by atoms with van der Waals surface area (Å²) in [5.74, 6) is 0.640. The van der Waals surface area contributed by atoms with Gasteiger partial charge in [0.25, 0.3) is 5.91 Å².